The number of aromatic amines is 1. The van der Waals surface area contributed by atoms with E-state index in [0.29, 0.717) is 16.7 Å². The van der Waals surface area contributed by atoms with Gasteiger partial charge in [-0.3, -0.25) is 19.6 Å². The normalized spacial score (nSPS) is 17.2. The van der Waals surface area contributed by atoms with E-state index in [4.69, 9.17) is 4.74 Å². The largest absolute Gasteiger partial charge is 0.379 e. The van der Waals surface area contributed by atoms with Crippen molar-refractivity contribution in [2.45, 2.75) is 24.9 Å². The fraction of sp³-hybridized carbons (Fsp3) is 0.303. The lowest BCUT2D eigenvalue weighted by Gasteiger charge is -2.39. The van der Waals surface area contributed by atoms with Gasteiger partial charge in [0, 0.05) is 48.1 Å². The maximum absolute atomic E-state index is 13.5. The van der Waals surface area contributed by atoms with E-state index in [2.05, 4.69) is 50.0 Å². The van der Waals surface area contributed by atoms with E-state index in [-0.39, 0.29) is 11.7 Å². The minimum absolute atomic E-state index is 0.0533. The van der Waals surface area contributed by atoms with Crippen LogP contribution in [0.3, 0.4) is 0 Å². The van der Waals surface area contributed by atoms with Gasteiger partial charge in [-0.1, -0.05) is 60.7 Å². The first kappa shape index (κ1) is 27.1. The summed E-state index contributed by atoms with van der Waals surface area (Å²) < 4.78 is 5.42. The highest BCUT2D eigenvalue weighted by atomic mass is 16.5. The second-order valence-electron chi connectivity index (χ2n) is 10.8. The Kier molecular flexibility index (Phi) is 8.04. The van der Waals surface area contributed by atoms with Gasteiger partial charge in [-0.05, 0) is 54.8 Å². The number of rotatable bonds is 8. The molecule has 6 rings (SSSR count). The molecule has 1 aromatic heterocycles. The first-order valence-electron chi connectivity index (χ1n) is 14.3. The van der Waals surface area contributed by atoms with Crippen molar-refractivity contribution in [1.82, 2.24) is 25.7 Å². The van der Waals surface area contributed by atoms with Crippen LogP contribution in [0.25, 0.3) is 11.1 Å². The van der Waals surface area contributed by atoms with Crippen LogP contribution in [-0.2, 0) is 16.8 Å². The predicted octanol–water partition coefficient (Wildman–Crippen LogP) is 4.15. The average Bonchev–Trinajstić information content (AvgIpc) is 3.58. The van der Waals surface area contributed by atoms with Gasteiger partial charge in [0.25, 0.3) is 5.91 Å². The van der Waals surface area contributed by atoms with E-state index in [1.54, 1.807) is 30.5 Å². The fourth-order valence-corrected chi connectivity index (χ4v) is 5.74. The highest BCUT2D eigenvalue weighted by Gasteiger charge is 2.35. The molecule has 4 aromatic rings. The Balaban J connectivity index is 1.13. The molecule has 1 amide bonds. The quantitative estimate of drug-likeness (QED) is 0.286. The second kappa shape index (κ2) is 12.2. The summed E-state index contributed by atoms with van der Waals surface area (Å²) in [4.78, 5) is 29.0. The molecule has 3 N–H and O–H groups in total. The van der Waals surface area contributed by atoms with Crippen molar-refractivity contribution in [3.63, 3.8) is 0 Å². The summed E-state index contributed by atoms with van der Waals surface area (Å²) in [6.07, 6.45) is 5.25. The molecule has 2 fully saturated rings. The number of hydrogen-bond donors (Lipinski definition) is 3. The van der Waals surface area contributed by atoms with Crippen molar-refractivity contribution in [3.05, 3.63) is 113 Å². The number of amides is 1. The Morgan fingerprint density at radius 3 is 2.10 bits per heavy atom. The van der Waals surface area contributed by atoms with E-state index in [0.717, 1.165) is 75.5 Å². The molecule has 0 radical (unpaired) electrons. The number of morpholine rings is 1. The van der Waals surface area contributed by atoms with E-state index in [1.807, 2.05) is 30.5 Å². The van der Waals surface area contributed by atoms with Crippen LogP contribution in [-0.4, -0.2) is 66.2 Å². The van der Waals surface area contributed by atoms with E-state index < -0.39 is 5.54 Å². The van der Waals surface area contributed by atoms with Crippen LogP contribution >= 0.6 is 0 Å². The number of piperidine rings is 1. The van der Waals surface area contributed by atoms with Crippen LogP contribution in [0, 0.1) is 0 Å². The van der Waals surface area contributed by atoms with Crippen molar-refractivity contribution in [2.24, 2.45) is 0 Å². The Labute approximate surface area is 240 Å². The molecular formula is C33H35N5O3. The molecule has 0 saturated carbocycles. The Morgan fingerprint density at radius 1 is 0.829 bits per heavy atom. The van der Waals surface area contributed by atoms with Crippen LogP contribution in [0.5, 0.6) is 0 Å². The summed E-state index contributed by atoms with van der Waals surface area (Å²) in [7, 11) is 0. The van der Waals surface area contributed by atoms with Gasteiger partial charge in [0.1, 0.15) is 0 Å². The van der Waals surface area contributed by atoms with E-state index >= 15 is 0 Å². The number of benzene rings is 3. The summed E-state index contributed by atoms with van der Waals surface area (Å²) >= 11 is 0. The number of aromatic nitrogens is 2. The second-order valence-corrected chi connectivity index (χ2v) is 10.8. The van der Waals surface area contributed by atoms with Gasteiger partial charge in [0.2, 0.25) is 0 Å². The van der Waals surface area contributed by atoms with Crippen molar-refractivity contribution < 1.29 is 14.3 Å². The Bertz CT molecular complexity index is 1450. The maximum atomic E-state index is 13.5. The smallest absolute Gasteiger partial charge is 0.251 e. The molecule has 2 aliphatic heterocycles. The number of carbonyl (C=O) groups is 2. The summed E-state index contributed by atoms with van der Waals surface area (Å²) in [6.45, 7) is 5.89. The zero-order valence-electron chi connectivity index (χ0n) is 23.1. The first-order valence-corrected chi connectivity index (χ1v) is 14.3. The molecule has 41 heavy (non-hydrogen) atoms. The lowest BCUT2D eigenvalue weighted by Crippen LogP contribution is -2.52. The monoisotopic (exact) mass is 549 g/mol. The van der Waals surface area contributed by atoms with Crippen LogP contribution in [0.15, 0.2) is 85.2 Å². The summed E-state index contributed by atoms with van der Waals surface area (Å²) in [6, 6.07) is 23.1. The molecule has 0 aliphatic carbocycles. The number of nitrogens with zero attached hydrogens (tertiary/aromatic N) is 2. The number of ketones is 1. The molecule has 210 valence electrons. The Morgan fingerprint density at radius 2 is 1.46 bits per heavy atom. The summed E-state index contributed by atoms with van der Waals surface area (Å²) in [5, 5.41) is 13.6. The zero-order valence-corrected chi connectivity index (χ0v) is 23.1. The van der Waals surface area contributed by atoms with Crippen molar-refractivity contribution in [3.8, 4) is 11.1 Å². The van der Waals surface area contributed by atoms with Crippen LogP contribution < -0.4 is 10.6 Å². The van der Waals surface area contributed by atoms with Gasteiger partial charge in [0.15, 0.2) is 5.78 Å². The number of hydrogen-bond acceptors (Lipinski definition) is 6. The molecule has 0 unspecified atom stereocenters. The average molecular weight is 550 g/mol. The number of nitrogens with one attached hydrogen (secondary N) is 3. The van der Waals surface area contributed by atoms with Crippen LogP contribution in [0.4, 0.5) is 0 Å². The molecule has 0 bridgehead atoms. The fourth-order valence-electron chi connectivity index (χ4n) is 5.74. The number of ether oxygens (including phenoxy) is 1. The predicted molar refractivity (Wildman–Crippen MR) is 158 cm³/mol. The SMILES string of the molecule is O=C(NC1(c2ccc(-c3cn[nH]c3)cc2)CCNCC1)c1ccc(C(=O)c2ccc(CN3CCOCC3)cc2)cc1. The first-order chi connectivity index (χ1) is 20.1. The van der Waals surface area contributed by atoms with Crippen molar-refractivity contribution >= 4 is 11.7 Å². The lowest BCUT2D eigenvalue weighted by molar-refractivity contribution is 0.0342. The molecule has 0 spiro atoms. The van der Waals surface area contributed by atoms with Gasteiger partial charge in [-0.15, -0.1) is 0 Å². The number of carbonyl (C=O) groups excluding carboxylic acids is 2. The van der Waals surface area contributed by atoms with Crippen molar-refractivity contribution in [2.75, 3.05) is 39.4 Å². The Hall–Kier alpha value is -4.11. The minimum Gasteiger partial charge on any atom is -0.379 e. The van der Waals surface area contributed by atoms with Gasteiger partial charge in [-0.2, -0.15) is 5.10 Å². The standard InChI is InChI=1S/C33H35N5O3/c39-31(26-3-1-24(2-4-26)23-38-17-19-41-20-18-38)27-5-7-28(8-6-27)32(40)37-33(13-15-34-16-14-33)30-11-9-25(10-12-30)29-21-35-36-22-29/h1-12,21-22,34H,13-20,23H2,(H,35,36)(H,37,40). The molecule has 2 saturated heterocycles. The number of H-pyrrole nitrogens is 1. The van der Waals surface area contributed by atoms with Gasteiger partial charge in [0.05, 0.1) is 24.9 Å². The topological polar surface area (TPSA) is 99.3 Å². The van der Waals surface area contributed by atoms with Gasteiger partial charge >= 0.3 is 0 Å². The highest BCUT2D eigenvalue weighted by Crippen LogP contribution is 2.33. The molecule has 3 heterocycles. The third kappa shape index (κ3) is 6.15. The van der Waals surface area contributed by atoms with Crippen molar-refractivity contribution in [1.29, 1.82) is 0 Å². The summed E-state index contributed by atoms with van der Waals surface area (Å²) in [5.41, 5.74) is 5.64. The summed E-state index contributed by atoms with van der Waals surface area (Å²) in [5.74, 6) is -0.195. The third-order valence-electron chi connectivity index (χ3n) is 8.21. The minimum atomic E-state index is -0.464. The zero-order chi connectivity index (χ0) is 28.1. The molecular weight excluding hydrogens is 514 g/mol. The molecule has 3 aromatic carbocycles. The maximum Gasteiger partial charge on any atom is 0.251 e. The third-order valence-corrected chi connectivity index (χ3v) is 8.21. The van der Waals surface area contributed by atoms with Gasteiger partial charge in [-0.25, -0.2) is 0 Å². The molecule has 8 nitrogen and oxygen atoms in total. The lowest BCUT2D eigenvalue weighted by atomic mass is 9.80. The van der Waals surface area contributed by atoms with Gasteiger partial charge < -0.3 is 15.4 Å². The highest BCUT2D eigenvalue weighted by molar-refractivity contribution is 6.09. The molecule has 0 atom stereocenters. The molecule has 8 heteroatoms. The van der Waals surface area contributed by atoms with E-state index in [1.165, 1.54) is 5.56 Å². The van der Waals surface area contributed by atoms with E-state index in [9.17, 15) is 9.59 Å². The van der Waals surface area contributed by atoms with Crippen LogP contribution in [0.2, 0.25) is 0 Å². The van der Waals surface area contributed by atoms with Crippen LogP contribution in [0.1, 0.15) is 50.2 Å². The molecule has 2 aliphatic rings.